The zero-order valence-corrected chi connectivity index (χ0v) is 26.5. The lowest BCUT2D eigenvalue weighted by Gasteiger charge is -2.46. The molecule has 0 saturated heterocycles. The van der Waals surface area contributed by atoms with E-state index in [1.807, 2.05) is 36.4 Å². The van der Waals surface area contributed by atoms with Gasteiger partial charge < -0.3 is 15.5 Å². The third-order valence-electron chi connectivity index (χ3n) is 8.99. The molecule has 0 aromatic heterocycles. The highest BCUT2D eigenvalue weighted by Crippen LogP contribution is 2.36. The van der Waals surface area contributed by atoms with Crippen LogP contribution in [0.2, 0.25) is 0 Å². The van der Waals surface area contributed by atoms with Crippen LogP contribution < -0.4 is 10.5 Å². The Kier molecular flexibility index (Phi) is 9.84. The lowest BCUT2D eigenvalue weighted by Crippen LogP contribution is -2.57. The molecule has 2 unspecified atom stereocenters. The summed E-state index contributed by atoms with van der Waals surface area (Å²) >= 11 is 0. The average Bonchev–Trinajstić information content (AvgIpc) is 3.55. The Bertz CT molecular complexity index is 1590. The minimum absolute atomic E-state index is 0.489. The van der Waals surface area contributed by atoms with Gasteiger partial charge >= 0.3 is 0 Å². The Morgan fingerprint density at radius 3 is 2.20 bits per heavy atom. The minimum Gasteiger partial charge on any atom is -0.461 e. The summed E-state index contributed by atoms with van der Waals surface area (Å²) in [6, 6.07) is 27.3. The second kappa shape index (κ2) is 13.9. The number of nitrogens with zero attached hydrogens (tertiary/aromatic N) is 2. The van der Waals surface area contributed by atoms with Gasteiger partial charge in [0.15, 0.2) is 0 Å². The van der Waals surface area contributed by atoms with Gasteiger partial charge in [-0.1, -0.05) is 118 Å². The summed E-state index contributed by atoms with van der Waals surface area (Å²) in [7, 11) is 4.16. The molecule has 0 radical (unpaired) electrons. The van der Waals surface area contributed by atoms with Gasteiger partial charge in [0.2, 0.25) is 0 Å². The van der Waals surface area contributed by atoms with Crippen molar-refractivity contribution in [3.8, 4) is 16.9 Å². The van der Waals surface area contributed by atoms with E-state index in [1.54, 1.807) is 0 Å². The molecule has 4 heteroatoms. The van der Waals surface area contributed by atoms with Crippen LogP contribution in [-0.2, 0) is 5.66 Å². The number of hydrogen-bond donors (Lipinski definition) is 1. The van der Waals surface area contributed by atoms with E-state index in [-0.39, 0.29) is 0 Å². The van der Waals surface area contributed by atoms with Crippen molar-refractivity contribution in [3.63, 3.8) is 0 Å². The fourth-order valence-electron chi connectivity index (χ4n) is 6.01. The highest BCUT2D eigenvalue weighted by molar-refractivity contribution is 5.65. The van der Waals surface area contributed by atoms with Crippen LogP contribution in [0.25, 0.3) is 11.1 Å². The first-order chi connectivity index (χ1) is 21.3. The van der Waals surface area contributed by atoms with Gasteiger partial charge in [0.25, 0.3) is 0 Å². The Hall–Kier alpha value is -4.38. The predicted octanol–water partition coefficient (Wildman–Crippen LogP) is 9.28. The normalized spacial score (nSPS) is 17.0. The van der Waals surface area contributed by atoms with Crippen molar-refractivity contribution >= 4 is 0 Å². The van der Waals surface area contributed by atoms with Gasteiger partial charge in [-0.15, -0.1) is 0 Å². The van der Waals surface area contributed by atoms with Gasteiger partial charge in [-0.25, -0.2) is 0 Å². The number of nitrogens with two attached hydrogens (primary N) is 1. The second-order valence-electron chi connectivity index (χ2n) is 11.7. The van der Waals surface area contributed by atoms with E-state index in [1.165, 1.54) is 16.8 Å². The third-order valence-corrected chi connectivity index (χ3v) is 8.99. The Morgan fingerprint density at radius 1 is 0.932 bits per heavy atom. The molecular formula is C40H45N3O. The molecule has 44 heavy (non-hydrogen) atoms. The molecule has 4 nitrogen and oxygen atoms in total. The molecule has 0 amide bonds. The zero-order chi connectivity index (χ0) is 31.1. The van der Waals surface area contributed by atoms with E-state index in [0.29, 0.717) is 5.92 Å². The van der Waals surface area contributed by atoms with E-state index in [9.17, 15) is 0 Å². The van der Waals surface area contributed by atoms with Crippen LogP contribution >= 0.6 is 0 Å². The summed E-state index contributed by atoms with van der Waals surface area (Å²) < 4.78 is 6.27. The molecule has 0 saturated carbocycles. The number of allylic oxidation sites excluding steroid dienone is 10. The predicted molar refractivity (Wildman–Crippen MR) is 184 cm³/mol. The summed E-state index contributed by atoms with van der Waals surface area (Å²) in [6.07, 6.45) is 18.7. The molecule has 3 aromatic carbocycles. The number of hydrazine groups is 1. The standard InChI is InChI=1S/C40H45N3O/c1-6-14-39(30(3)7-2)33-23-28-38(29-33)44-37-26-21-32(22-27-37)31-19-24-35(25-20-31)40(41,34-15-10-8-11-16-34)43(5)42(4)36-17-12-9-13-18-36/h6,8-12,14-17,19-28,30H,1,7,13,18,29,41H2,2-5H3/b39-14+. The van der Waals surface area contributed by atoms with Gasteiger partial charge in [0.05, 0.1) is 0 Å². The Balaban J connectivity index is 1.32. The molecular weight excluding hydrogens is 538 g/mol. The smallest absolute Gasteiger partial charge is 0.138 e. The largest absolute Gasteiger partial charge is 0.461 e. The third kappa shape index (κ3) is 6.57. The zero-order valence-electron chi connectivity index (χ0n) is 26.5. The number of ether oxygens (including phenoxy) is 1. The number of rotatable bonds is 12. The van der Waals surface area contributed by atoms with Gasteiger partial charge in [0.1, 0.15) is 17.2 Å². The van der Waals surface area contributed by atoms with Crippen LogP contribution in [0.1, 0.15) is 50.7 Å². The molecule has 2 atom stereocenters. The molecule has 5 rings (SSSR count). The van der Waals surface area contributed by atoms with E-state index >= 15 is 0 Å². The van der Waals surface area contributed by atoms with Gasteiger partial charge in [-0.3, -0.25) is 0 Å². The molecule has 0 spiro atoms. The summed E-state index contributed by atoms with van der Waals surface area (Å²) in [5.74, 6) is 2.29. The maximum Gasteiger partial charge on any atom is 0.138 e. The Morgan fingerprint density at radius 2 is 1.59 bits per heavy atom. The van der Waals surface area contributed by atoms with Crippen molar-refractivity contribution in [2.24, 2.45) is 11.7 Å². The molecule has 2 aliphatic rings. The molecule has 0 heterocycles. The average molecular weight is 584 g/mol. The van der Waals surface area contributed by atoms with Crippen LogP contribution in [0.5, 0.6) is 5.75 Å². The minimum atomic E-state index is -0.855. The monoisotopic (exact) mass is 583 g/mol. The van der Waals surface area contributed by atoms with Crippen molar-refractivity contribution in [2.75, 3.05) is 14.1 Å². The van der Waals surface area contributed by atoms with Crippen LogP contribution in [0.4, 0.5) is 0 Å². The highest BCUT2D eigenvalue weighted by Gasteiger charge is 2.37. The van der Waals surface area contributed by atoms with E-state index in [4.69, 9.17) is 10.5 Å². The number of benzene rings is 3. The summed E-state index contributed by atoms with van der Waals surface area (Å²) in [5.41, 5.74) is 14.7. The number of hydrogen-bond acceptors (Lipinski definition) is 4. The van der Waals surface area contributed by atoms with E-state index in [2.05, 4.69) is 130 Å². The van der Waals surface area contributed by atoms with E-state index < -0.39 is 5.66 Å². The lowest BCUT2D eigenvalue weighted by molar-refractivity contribution is -0.0299. The van der Waals surface area contributed by atoms with Crippen LogP contribution in [0.3, 0.4) is 0 Å². The summed E-state index contributed by atoms with van der Waals surface area (Å²) in [5, 5.41) is 4.33. The van der Waals surface area contributed by atoms with Crippen molar-refractivity contribution in [1.29, 1.82) is 0 Å². The molecule has 0 fully saturated rings. The van der Waals surface area contributed by atoms with Gasteiger partial charge in [-0.05, 0) is 82.9 Å². The molecule has 0 aliphatic heterocycles. The van der Waals surface area contributed by atoms with Crippen molar-refractivity contribution < 1.29 is 4.74 Å². The van der Waals surface area contributed by atoms with Crippen molar-refractivity contribution in [2.45, 2.75) is 45.2 Å². The van der Waals surface area contributed by atoms with Crippen LogP contribution in [0.15, 0.2) is 151 Å². The fraction of sp³-hybridized carbons (Fsp3) is 0.250. The summed E-state index contributed by atoms with van der Waals surface area (Å²) in [4.78, 5) is 0. The lowest BCUT2D eigenvalue weighted by atomic mass is 9.90. The first-order valence-electron chi connectivity index (χ1n) is 15.6. The van der Waals surface area contributed by atoms with Crippen molar-refractivity contribution in [3.05, 3.63) is 162 Å². The quantitative estimate of drug-likeness (QED) is 0.131. The second-order valence-corrected chi connectivity index (χ2v) is 11.7. The Labute approximate surface area is 263 Å². The van der Waals surface area contributed by atoms with Gasteiger partial charge in [-0.2, -0.15) is 5.01 Å². The molecule has 2 N–H and O–H groups in total. The SMILES string of the molecule is C=C/C=C(/C1=CC=C(Oc2ccc(-c3ccc(C(N)(c4ccccc4)N(C)N(C)C4=CC=CCC4)cc3)cc2)C1)C(C)CC. The van der Waals surface area contributed by atoms with Gasteiger partial charge in [0, 0.05) is 26.2 Å². The molecule has 226 valence electrons. The first-order valence-corrected chi connectivity index (χ1v) is 15.6. The summed E-state index contributed by atoms with van der Waals surface area (Å²) in [6.45, 7) is 8.39. The molecule has 3 aromatic rings. The first kappa shape index (κ1) is 31.1. The van der Waals surface area contributed by atoms with Crippen molar-refractivity contribution in [1.82, 2.24) is 10.0 Å². The topological polar surface area (TPSA) is 41.7 Å². The fourth-order valence-corrected chi connectivity index (χ4v) is 6.01. The van der Waals surface area contributed by atoms with Crippen LogP contribution in [-0.4, -0.2) is 24.1 Å². The molecule has 0 bridgehead atoms. The maximum atomic E-state index is 7.35. The van der Waals surface area contributed by atoms with Crippen LogP contribution in [0, 0.1) is 5.92 Å². The van der Waals surface area contributed by atoms with E-state index in [0.717, 1.165) is 59.4 Å². The highest BCUT2D eigenvalue weighted by atomic mass is 16.5. The maximum absolute atomic E-state index is 7.35. The molecule has 2 aliphatic carbocycles.